The molecule has 1 aromatic heterocycles. The molecule has 0 spiro atoms. The van der Waals surface area contributed by atoms with Crippen molar-refractivity contribution in [3.63, 3.8) is 0 Å². The Morgan fingerprint density at radius 3 is 2.61 bits per heavy atom. The maximum atomic E-state index is 11.2. The van der Waals surface area contributed by atoms with Gasteiger partial charge in [0.15, 0.2) is 0 Å². The molecule has 1 heterocycles. The molecule has 0 radical (unpaired) electrons. The number of urea groups is 1. The molecule has 18 heavy (non-hydrogen) atoms. The van der Waals surface area contributed by atoms with Crippen LogP contribution in [0, 0.1) is 6.92 Å². The molecule has 96 valence electrons. The lowest BCUT2D eigenvalue weighted by Crippen LogP contribution is -2.38. The highest BCUT2D eigenvalue weighted by atomic mass is 16.4. The first-order chi connectivity index (χ1) is 8.47. The molecule has 0 bridgehead atoms. The molecule has 0 aromatic carbocycles. The Morgan fingerprint density at radius 1 is 1.33 bits per heavy atom. The fourth-order valence-corrected chi connectivity index (χ4v) is 1.09. The van der Waals surface area contributed by atoms with E-state index in [1.165, 1.54) is 0 Å². The fraction of sp³-hybridized carbons (Fsp3) is 0.182. The van der Waals surface area contributed by atoms with Crippen LogP contribution in [0.1, 0.15) is 11.5 Å². The normalized spacial score (nSPS) is 10.3. The summed E-state index contributed by atoms with van der Waals surface area (Å²) in [6, 6.07) is 2.71. The highest BCUT2D eigenvalue weighted by molar-refractivity contribution is 6.02. The van der Waals surface area contributed by atoms with Gasteiger partial charge in [0, 0.05) is 12.2 Å². The number of aryl methyl sites for hydroxylation is 1. The molecule has 3 amide bonds. The van der Waals surface area contributed by atoms with Crippen LogP contribution in [0.5, 0.6) is 0 Å². The van der Waals surface area contributed by atoms with Crippen LogP contribution in [0.25, 0.3) is 0 Å². The van der Waals surface area contributed by atoms with Crippen LogP contribution in [-0.2, 0) is 16.1 Å². The minimum atomic E-state index is -1.27. The van der Waals surface area contributed by atoms with Crippen molar-refractivity contribution in [2.75, 3.05) is 0 Å². The zero-order valence-corrected chi connectivity index (χ0v) is 9.60. The Bertz CT molecular complexity index is 489. The van der Waals surface area contributed by atoms with Gasteiger partial charge in [-0.05, 0) is 19.1 Å². The smallest absolute Gasteiger partial charge is 0.328 e. The van der Waals surface area contributed by atoms with Gasteiger partial charge in [-0.2, -0.15) is 0 Å². The lowest BCUT2D eigenvalue weighted by atomic mass is 10.4. The first-order valence-electron chi connectivity index (χ1n) is 5.02. The highest BCUT2D eigenvalue weighted by Gasteiger charge is 2.06. The number of nitrogens with one attached hydrogen (secondary N) is 2. The molecule has 3 N–H and O–H groups in total. The van der Waals surface area contributed by atoms with E-state index in [2.05, 4.69) is 5.32 Å². The Balaban J connectivity index is 2.33. The topological polar surface area (TPSA) is 109 Å². The van der Waals surface area contributed by atoms with E-state index < -0.39 is 17.9 Å². The van der Waals surface area contributed by atoms with Crippen LogP contribution < -0.4 is 10.6 Å². The maximum absolute atomic E-state index is 11.2. The van der Waals surface area contributed by atoms with E-state index in [9.17, 15) is 14.4 Å². The van der Waals surface area contributed by atoms with Crippen LogP contribution in [0.2, 0.25) is 0 Å². The van der Waals surface area contributed by atoms with Gasteiger partial charge < -0.3 is 14.8 Å². The molecule has 0 aliphatic heterocycles. The van der Waals surface area contributed by atoms with Gasteiger partial charge in [0.25, 0.3) is 5.91 Å². The van der Waals surface area contributed by atoms with Crippen molar-refractivity contribution in [2.45, 2.75) is 13.5 Å². The summed E-state index contributed by atoms with van der Waals surface area (Å²) < 4.78 is 5.20. The van der Waals surface area contributed by atoms with Gasteiger partial charge >= 0.3 is 12.0 Å². The number of carboxylic acids is 1. The van der Waals surface area contributed by atoms with Crippen LogP contribution in [-0.4, -0.2) is 23.0 Å². The monoisotopic (exact) mass is 252 g/mol. The average Bonchev–Trinajstić information content (AvgIpc) is 2.70. The Kier molecular flexibility index (Phi) is 4.67. The van der Waals surface area contributed by atoms with Crippen LogP contribution >= 0.6 is 0 Å². The molecule has 0 aliphatic carbocycles. The van der Waals surface area contributed by atoms with Crippen molar-refractivity contribution in [3.05, 3.63) is 35.8 Å². The van der Waals surface area contributed by atoms with Crippen molar-refractivity contribution < 1.29 is 23.9 Å². The van der Waals surface area contributed by atoms with Crippen LogP contribution in [0.3, 0.4) is 0 Å². The molecule has 0 saturated carbocycles. The molecular formula is C11H12N2O5. The van der Waals surface area contributed by atoms with Gasteiger partial charge in [0.1, 0.15) is 11.5 Å². The summed E-state index contributed by atoms with van der Waals surface area (Å²) in [6.45, 7) is 1.90. The van der Waals surface area contributed by atoms with E-state index in [-0.39, 0.29) is 6.54 Å². The lowest BCUT2D eigenvalue weighted by Gasteiger charge is -2.02. The summed E-state index contributed by atoms with van der Waals surface area (Å²) in [4.78, 5) is 32.4. The SMILES string of the molecule is Cc1ccc(CNC(=O)NC(=O)C=CC(=O)O)o1. The van der Waals surface area contributed by atoms with Crippen LogP contribution in [0.4, 0.5) is 4.79 Å². The van der Waals surface area contributed by atoms with Crippen LogP contribution in [0.15, 0.2) is 28.7 Å². The maximum Gasteiger partial charge on any atom is 0.328 e. The number of rotatable bonds is 4. The Labute approximate surface area is 102 Å². The number of amides is 3. The molecule has 0 saturated heterocycles. The third-order valence-corrected chi connectivity index (χ3v) is 1.83. The molecular weight excluding hydrogens is 240 g/mol. The third-order valence-electron chi connectivity index (χ3n) is 1.83. The summed E-state index contributed by atoms with van der Waals surface area (Å²) in [5.74, 6) is -0.814. The number of carbonyl (C=O) groups is 3. The average molecular weight is 252 g/mol. The van der Waals surface area contributed by atoms with E-state index >= 15 is 0 Å². The molecule has 0 atom stereocenters. The second-order valence-electron chi connectivity index (χ2n) is 3.36. The third kappa shape index (κ3) is 4.97. The predicted octanol–water partition coefficient (Wildman–Crippen LogP) is 0.555. The summed E-state index contributed by atoms with van der Waals surface area (Å²) in [6.07, 6.45) is 1.39. The number of hydrogen-bond acceptors (Lipinski definition) is 4. The summed E-state index contributed by atoms with van der Waals surface area (Å²) in [5, 5.41) is 12.6. The molecule has 1 aromatic rings. The van der Waals surface area contributed by atoms with E-state index in [1.807, 2.05) is 5.32 Å². The van der Waals surface area contributed by atoms with Gasteiger partial charge in [-0.15, -0.1) is 0 Å². The number of imide groups is 1. The Hall–Kier alpha value is -2.57. The van der Waals surface area contributed by atoms with Crippen molar-refractivity contribution in [1.29, 1.82) is 0 Å². The first kappa shape index (κ1) is 13.5. The lowest BCUT2D eigenvalue weighted by molar-refractivity contribution is -0.131. The van der Waals surface area contributed by atoms with E-state index in [4.69, 9.17) is 9.52 Å². The number of furan rings is 1. The van der Waals surface area contributed by atoms with Crippen molar-refractivity contribution in [2.24, 2.45) is 0 Å². The zero-order chi connectivity index (χ0) is 13.5. The second kappa shape index (κ2) is 6.24. The highest BCUT2D eigenvalue weighted by Crippen LogP contribution is 2.04. The number of aliphatic carboxylic acids is 1. The fourth-order valence-electron chi connectivity index (χ4n) is 1.09. The quantitative estimate of drug-likeness (QED) is 0.678. The minimum Gasteiger partial charge on any atom is -0.478 e. The second-order valence-corrected chi connectivity index (χ2v) is 3.36. The van der Waals surface area contributed by atoms with Gasteiger partial charge in [-0.3, -0.25) is 10.1 Å². The van der Waals surface area contributed by atoms with Crippen molar-refractivity contribution in [3.8, 4) is 0 Å². The van der Waals surface area contributed by atoms with E-state index in [0.29, 0.717) is 17.6 Å². The molecule has 0 unspecified atom stereocenters. The summed E-state index contributed by atoms with van der Waals surface area (Å²) in [7, 11) is 0. The largest absolute Gasteiger partial charge is 0.478 e. The number of carboxylic acid groups (broad SMARTS) is 1. The van der Waals surface area contributed by atoms with E-state index in [1.54, 1.807) is 19.1 Å². The van der Waals surface area contributed by atoms with Gasteiger partial charge in [0.2, 0.25) is 0 Å². The van der Waals surface area contributed by atoms with Gasteiger partial charge in [0.05, 0.1) is 6.54 Å². The van der Waals surface area contributed by atoms with Gasteiger partial charge in [-0.25, -0.2) is 9.59 Å². The molecule has 7 nitrogen and oxygen atoms in total. The van der Waals surface area contributed by atoms with Crippen molar-refractivity contribution in [1.82, 2.24) is 10.6 Å². The Morgan fingerprint density at radius 2 is 2.06 bits per heavy atom. The molecule has 1 rings (SSSR count). The standard InChI is InChI=1S/C11H12N2O5/c1-7-2-3-8(18-7)6-12-11(17)13-9(14)4-5-10(15)16/h2-5H,6H2,1H3,(H,15,16)(H2,12,13,14,17). The van der Waals surface area contributed by atoms with Crippen molar-refractivity contribution >= 4 is 17.9 Å². The van der Waals surface area contributed by atoms with Gasteiger partial charge in [-0.1, -0.05) is 0 Å². The first-order valence-corrected chi connectivity index (χ1v) is 5.02. The predicted molar refractivity (Wildman–Crippen MR) is 60.6 cm³/mol. The summed E-state index contributed by atoms with van der Waals surface area (Å²) >= 11 is 0. The summed E-state index contributed by atoms with van der Waals surface area (Å²) in [5.41, 5.74) is 0. The molecule has 0 aliphatic rings. The number of carbonyl (C=O) groups excluding carboxylic acids is 2. The minimum absolute atomic E-state index is 0.135. The number of hydrogen-bond donors (Lipinski definition) is 3. The zero-order valence-electron chi connectivity index (χ0n) is 9.60. The molecule has 7 heteroatoms. The van der Waals surface area contributed by atoms with E-state index in [0.717, 1.165) is 6.08 Å². The molecule has 0 fully saturated rings.